The predicted molar refractivity (Wildman–Crippen MR) is 84.8 cm³/mol. The lowest BCUT2D eigenvalue weighted by molar-refractivity contribution is -0.138. The van der Waals surface area contributed by atoms with Gasteiger partial charge < -0.3 is 9.84 Å². The predicted octanol–water partition coefficient (Wildman–Crippen LogP) is 3.16. The fourth-order valence-electron chi connectivity index (χ4n) is 2.13. The third kappa shape index (κ3) is 4.70. The summed E-state index contributed by atoms with van der Waals surface area (Å²) >= 11 is 0. The number of hydrogen-bond donors (Lipinski definition) is 1. The Morgan fingerprint density at radius 3 is 2.82 bits per heavy atom. The maximum absolute atomic E-state index is 10.4. The van der Waals surface area contributed by atoms with Crippen LogP contribution in [0.4, 0.5) is 0 Å². The smallest absolute Gasteiger partial charge is 0.305 e. The van der Waals surface area contributed by atoms with Gasteiger partial charge in [-0.3, -0.25) is 9.48 Å². The molecule has 2 rings (SSSR count). The molecule has 0 unspecified atom stereocenters. The van der Waals surface area contributed by atoms with E-state index < -0.39 is 5.97 Å². The molecule has 118 valence electrons. The topological polar surface area (TPSA) is 64.3 Å². The Bertz CT molecular complexity index is 620. The Morgan fingerprint density at radius 1 is 1.32 bits per heavy atom. The van der Waals surface area contributed by atoms with Gasteiger partial charge in [-0.2, -0.15) is 5.10 Å². The summed E-state index contributed by atoms with van der Waals surface area (Å²) in [4.78, 5) is 10.4. The molecule has 0 saturated carbocycles. The molecule has 0 spiro atoms. The summed E-state index contributed by atoms with van der Waals surface area (Å²) in [7, 11) is 0. The van der Waals surface area contributed by atoms with E-state index in [1.165, 1.54) is 5.56 Å². The number of nitrogens with zero attached hydrogens (tertiary/aromatic N) is 2. The van der Waals surface area contributed by atoms with Crippen LogP contribution in [0.3, 0.4) is 0 Å². The van der Waals surface area contributed by atoms with Crippen molar-refractivity contribution in [2.75, 3.05) is 13.2 Å². The number of rotatable bonds is 8. The molecule has 1 aromatic carbocycles. The zero-order valence-electron chi connectivity index (χ0n) is 13.0. The van der Waals surface area contributed by atoms with E-state index in [4.69, 9.17) is 9.84 Å². The summed E-state index contributed by atoms with van der Waals surface area (Å²) in [5.74, 6) is -0.829. The van der Waals surface area contributed by atoms with Gasteiger partial charge in [0.05, 0.1) is 25.8 Å². The van der Waals surface area contributed by atoms with Gasteiger partial charge in [0.2, 0.25) is 0 Å². The third-order valence-electron chi connectivity index (χ3n) is 3.39. The Labute approximate surface area is 130 Å². The lowest BCUT2D eigenvalue weighted by Crippen LogP contribution is -2.05. The first-order valence-electron chi connectivity index (χ1n) is 7.49. The number of carboxylic acids is 1. The van der Waals surface area contributed by atoms with Crippen molar-refractivity contribution in [2.45, 2.75) is 32.7 Å². The van der Waals surface area contributed by atoms with Crippen molar-refractivity contribution in [3.8, 4) is 11.1 Å². The van der Waals surface area contributed by atoms with Crippen LogP contribution in [0.5, 0.6) is 0 Å². The summed E-state index contributed by atoms with van der Waals surface area (Å²) in [5, 5.41) is 12.9. The van der Waals surface area contributed by atoms with Crippen LogP contribution in [-0.4, -0.2) is 34.1 Å². The minimum Gasteiger partial charge on any atom is -0.481 e. The number of hydrogen-bond acceptors (Lipinski definition) is 3. The fraction of sp³-hybridized carbons (Fsp3) is 0.412. The van der Waals surface area contributed by atoms with Crippen LogP contribution in [0.25, 0.3) is 11.1 Å². The van der Waals surface area contributed by atoms with Gasteiger partial charge in [0.1, 0.15) is 0 Å². The van der Waals surface area contributed by atoms with Crippen molar-refractivity contribution < 1.29 is 14.6 Å². The van der Waals surface area contributed by atoms with Gasteiger partial charge in [-0.05, 0) is 31.4 Å². The number of aliphatic carboxylic acids is 1. The molecule has 0 bridgehead atoms. The van der Waals surface area contributed by atoms with E-state index in [9.17, 15) is 4.79 Å². The minimum absolute atomic E-state index is 0.0500. The molecule has 22 heavy (non-hydrogen) atoms. The highest BCUT2D eigenvalue weighted by Crippen LogP contribution is 2.21. The summed E-state index contributed by atoms with van der Waals surface area (Å²) in [6, 6.07) is 8.61. The van der Waals surface area contributed by atoms with Crippen LogP contribution in [-0.2, 0) is 16.0 Å². The summed E-state index contributed by atoms with van der Waals surface area (Å²) in [5.41, 5.74) is 3.41. The zero-order valence-corrected chi connectivity index (χ0v) is 13.0. The van der Waals surface area contributed by atoms with Gasteiger partial charge in [-0.15, -0.1) is 0 Å². The van der Waals surface area contributed by atoms with E-state index in [1.54, 1.807) is 0 Å². The van der Waals surface area contributed by atoms with E-state index in [0.717, 1.165) is 17.5 Å². The van der Waals surface area contributed by atoms with E-state index >= 15 is 0 Å². The Balaban J connectivity index is 1.93. The van der Waals surface area contributed by atoms with Gasteiger partial charge in [-0.1, -0.05) is 24.3 Å². The summed E-state index contributed by atoms with van der Waals surface area (Å²) in [6.45, 7) is 4.99. The first kappa shape index (κ1) is 16.2. The average Bonchev–Trinajstić information content (AvgIpc) is 2.97. The number of ether oxygens (including phenoxy) is 1. The van der Waals surface area contributed by atoms with Crippen molar-refractivity contribution in [3.63, 3.8) is 0 Å². The van der Waals surface area contributed by atoms with Crippen molar-refractivity contribution >= 4 is 5.97 Å². The molecular weight excluding hydrogens is 280 g/mol. The molecule has 0 amide bonds. The van der Waals surface area contributed by atoms with Crippen LogP contribution in [0.1, 0.15) is 31.9 Å². The molecular formula is C17H22N2O3. The fourth-order valence-corrected chi connectivity index (χ4v) is 2.13. The summed E-state index contributed by atoms with van der Waals surface area (Å²) < 4.78 is 7.27. The third-order valence-corrected chi connectivity index (χ3v) is 3.39. The maximum Gasteiger partial charge on any atom is 0.305 e. The lowest BCUT2D eigenvalue weighted by atomic mass is 10.0. The van der Waals surface area contributed by atoms with Crippen LogP contribution in [0, 0.1) is 0 Å². The highest BCUT2D eigenvalue weighted by molar-refractivity contribution is 5.66. The molecule has 1 aromatic heterocycles. The van der Waals surface area contributed by atoms with Crippen molar-refractivity contribution in [3.05, 3.63) is 42.2 Å². The van der Waals surface area contributed by atoms with Crippen LogP contribution in [0.15, 0.2) is 36.7 Å². The van der Waals surface area contributed by atoms with Crippen molar-refractivity contribution in [1.82, 2.24) is 9.78 Å². The SMILES string of the molecule is CC(C)n1cc(-c2cccc(CCOCCC(=O)O)c2)cn1. The molecule has 0 radical (unpaired) electrons. The molecule has 0 aliphatic rings. The standard InChI is InChI=1S/C17H22N2O3/c1-13(2)19-12-16(11-18-19)15-5-3-4-14(10-15)6-8-22-9-7-17(20)21/h3-5,10-13H,6-9H2,1-2H3,(H,20,21). The second-order valence-corrected chi connectivity index (χ2v) is 5.51. The summed E-state index contributed by atoms with van der Waals surface area (Å²) in [6.07, 6.45) is 4.75. The molecule has 1 heterocycles. The van der Waals surface area contributed by atoms with Gasteiger partial charge >= 0.3 is 5.97 Å². The van der Waals surface area contributed by atoms with Crippen LogP contribution < -0.4 is 0 Å². The molecule has 0 saturated heterocycles. The molecule has 0 aliphatic heterocycles. The first-order valence-corrected chi connectivity index (χ1v) is 7.49. The van der Waals surface area contributed by atoms with Gasteiger partial charge in [0, 0.05) is 17.8 Å². The van der Waals surface area contributed by atoms with Gasteiger partial charge in [-0.25, -0.2) is 0 Å². The largest absolute Gasteiger partial charge is 0.481 e. The zero-order chi connectivity index (χ0) is 15.9. The minimum atomic E-state index is -0.829. The van der Waals surface area contributed by atoms with Crippen LogP contribution >= 0.6 is 0 Å². The van der Waals surface area contributed by atoms with Crippen LogP contribution in [0.2, 0.25) is 0 Å². The Kier molecular flexibility index (Phi) is 5.72. The van der Waals surface area contributed by atoms with Crippen molar-refractivity contribution in [1.29, 1.82) is 0 Å². The second-order valence-electron chi connectivity index (χ2n) is 5.51. The second kappa shape index (κ2) is 7.75. The quantitative estimate of drug-likeness (QED) is 0.761. The van der Waals surface area contributed by atoms with E-state index in [0.29, 0.717) is 12.6 Å². The van der Waals surface area contributed by atoms with E-state index in [2.05, 4.69) is 37.1 Å². The highest BCUT2D eigenvalue weighted by atomic mass is 16.5. The molecule has 0 atom stereocenters. The average molecular weight is 302 g/mol. The van der Waals surface area contributed by atoms with Gasteiger partial charge in [0.15, 0.2) is 0 Å². The number of benzene rings is 1. The number of carboxylic acid groups (broad SMARTS) is 1. The van der Waals surface area contributed by atoms with E-state index in [1.807, 2.05) is 23.1 Å². The Morgan fingerprint density at radius 2 is 2.14 bits per heavy atom. The lowest BCUT2D eigenvalue weighted by Gasteiger charge is -2.06. The van der Waals surface area contributed by atoms with Crippen molar-refractivity contribution in [2.24, 2.45) is 0 Å². The number of carbonyl (C=O) groups is 1. The molecule has 5 nitrogen and oxygen atoms in total. The normalized spacial score (nSPS) is 11.0. The molecule has 1 N–H and O–H groups in total. The Hall–Kier alpha value is -2.14. The van der Waals surface area contributed by atoms with Gasteiger partial charge in [0.25, 0.3) is 0 Å². The monoisotopic (exact) mass is 302 g/mol. The molecule has 0 aliphatic carbocycles. The molecule has 0 fully saturated rings. The maximum atomic E-state index is 10.4. The first-order chi connectivity index (χ1) is 10.6. The molecule has 2 aromatic rings. The van der Waals surface area contributed by atoms with E-state index in [-0.39, 0.29) is 13.0 Å². The highest BCUT2D eigenvalue weighted by Gasteiger charge is 2.05. The molecule has 5 heteroatoms. The number of aromatic nitrogens is 2.